The molecule has 0 aromatic carbocycles. The van der Waals surface area contributed by atoms with Crippen LogP contribution in [-0.2, 0) is 9.53 Å². The fourth-order valence-electron chi connectivity index (χ4n) is 0.854. The lowest BCUT2D eigenvalue weighted by Gasteiger charge is -2.21. The van der Waals surface area contributed by atoms with Crippen molar-refractivity contribution in [3.8, 4) is 0 Å². The number of rotatable bonds is 4. The predicted octanol–water partition coefficient (Wildman–Crippen LogP) is 1.34. The van der Waals surface area contributed by atoms with Gasteiger partial charge in [0.2, 0.25) is 0 Å². The normalized spacial score (nSPS) is 11.0. The van der Waals surface area contributed by atoms with Gasteiger partial charge in [0.15, 0.2) is 5.17 Å². The third-order valence-electron chi connectivity index (χ3n) is 1.55. The largest absolute Gasteiger partial charge is 0.469 e. The summed E-state index contributed by atoms with van der Waals surface area (Å²) in [6.07, 6.45) is 1.02. The lowest BCUT2D eigenvalue weighted by atomic mass is 10.1. The number of thioether (sulfide) groups is 1. The maximum absolute atomic E-state index is 10.8. The van der Waals surface area contributed by atoms with Gasteiger partial charge in [0.05, 0.1) is 7.11 Å². The van der Waals surface area contributed by atoms with E-state index in [4.69, 9.17) is 11.1 Å². The van der Waals surface area contributed by atoms with Crippen LogP contribution in [0, 0.1) is 5.41 Å². The van der Waals surface area contributed by atoms with E-state index in [0.717, 1.165) is 0 Å². The molecule has 0 unspecified atom stereocenters. The van der Waals surface area contributed by atoms with Gasteiger partial charge in [0.1, 0.15) is 0 Å². The van der Waals surface area contributed by atoms with Gasteiger partial charge in [-0.05, 0) is 6.42 Å². The maximum Gasteiger partial charge on any atom is 0.305 e. The van der Waals surface area contributed by atoms with Gasteiger partial charge in [-0.25, -0.2) is 0 Å². The molecule has 0 heterocycles. The Labute approximate surface area is 82.7 Å². The molecule has 3 N–H and O–H groups in total. The van der Waals surface area contributed by atoms with Crippen LogP contribution in [0.25, 0.3) is 0 Å². The van der Waals surface area contributed by atoms with E-state index in [0.29, 0.717) is 12.8 Å². The SMILES string of the molecule is COC(=O)CCC(C)(C)SC(=N)N. The van der Waals surface area contributed by atoms with Crippen LogP contribution >= 0.6 is 11.8 Å². The van der Waals surface area contributed by atoms with Crippen molar-refractivity contribution in [1.82, 2.24) is 0 Å². The summed E-state index contributed by atoms with van der Waals surface area (Å²) in [5, 5.41) is 7.18. The minimum atomic E-state index is -0.225. The molecular formula is C8H16N2O2S. The number of ether oxygens (including phenoxy) is 1. The smallest absolute Gasteiger partial charge is 0.305 e. The second-order valence-electron chi connectivity index (χ2n) is 3.30. The zero-order valence-corrected chi connectivity index (χ0v) is 9.03. The first-order valence-corrected chi connectivity index (χ1v) is 4.79. The number of nitrogens with two attached hydrogens (primary N) is 1. The number of nitrogens with one attached hydrogen (secondary N) is 1. The van der Waals surface area contributed by atoms with Crippen LogP contribution in [0.3, 0.4) is 0 Å². The summed E-state index contributed by atoms with van der Waals surface area (Å²) in [5.74, 6) is -0.225. The van der Waals surface area contributed by atoms with E-state index in [1.54, 1.807) is 0 Å². The minimum absolute atomic E-state index is 0.0786. The Balaban J connectivity index is 3.88. The van der Waals surface area contributed by atoms with Crippen LogP contribution in [0.15, 0.2) is 0 Å². The second-order valence-corrected chi connectivity index (χ2v) is 5.05. The lowest BCUT2D eigenvalue weighted by Crippen LogP contribution is -2.22. The van der Waals surface area contributed by atoms with Crippen LogP contribution < -0.4 is 5.73 Å². The molecule has 0 saturated carbocycles. The average Bonchev–Trinajstić information content (AvgIpc) is 1.98. The van der Waals surface area contributed by atoms with E-state index in [1.165, 1.54) is 18.9 Å². The number of methoxy groups -OCH3 is 1. The molecule has 0 radical (unpaired) electrons. The number of carbonyl (C=O) groups is 1. The highest BCUT2D eigenvalue weighted by atomic mass is 32.2. The highest BCUT2D eigenvalue weighted by Gasteiger charge is 2.21. The number of amidine groups is 1. The van der Waals surface area contributed by atoms with Gasteiger partial charge < -0.3 is 10.5 Å². The Kier molecular flexibility index (Phi) is 4.83. The molecule has 0 saturated heterocycles. The van der Waals surface area contributed by atoms with Crippen molar-refractivity contribution in [2.75, 3.05) is 7.11 Å². The van der Waals surface area contributed by atoms with Crippen LogP contribution in [0.5, 0.6) is 0 Å². The summed E-state index contributed by atoms with van der Waals surface area (Å²) in [4.78, 5) is 10.8. The summed E-state index contributed by atoms with van der Waals surface area (Å²) >= 11 is 1.26. The van der Waals surface area contributed by atoms with Gasteiger partial charge in [-0.15, -0.1) is 0 Å². The van der Waals surface area contributed by atoms with Gasteiger partial charge in [-0.2, -0.15) is 0 Å². The van der Waals surface area contributed by atoms with Gasteiger partial charge in [-0.3, -0.25) is 10.2 Å². The van der Waals surface area contributed by atoms with Crippen LogP contribution in [0.2, 0.25) is 0 Å². The fraction of sp³-hybridized carbons (Fsp3) is 0.750. The van der Waals surface area contributed by atoms with Gasteiger partial charge in [-0.1, -0.05) is 25.6 Å². The van der Waals surface area contributed by atoms with Crippen molar-refractivity contribution < 1.29 is 9.53 Å². The van der Waals surface area contributed by atoms with E-state index in [1.807, 2.05) is 13.8 Å². The molecule has 0 aromatic heterocycles. The molecule has 0 spiro atoms. The Morgan fingerprint density at radius 1 is 1.62 bits per heavy atom. The van der Waals surface area contributed by atoms with Crippen molar-refractivity contribution >= 4 is 22.9 Å². The second kappa shape index (κ2) is 5.11. The van der Waals surface area contributed by atoms with Crippen molar-refractivity contribution in [2.45, 2.75) is 31.4 Å². The van der Waals surface area contributed by atoms with E-state index >= 15 is 0 Å². The molecule has 0 amide bonds. The zero-order valence-electron chi connectivity index (χ0n) is 8.22. The summed E-state index contributed by atoms with van der Waals surface area (Å²) in [7, 11) is 1.37. The van der Waals surface area contributed by atoms with Crippen LogP contribution in [0.4, 0.5) is 0 Å². The molecule has 0 rings (SSSR count). The molecule has 0 aromatic rings. The summed E-state index contributed by atoms with van der Waals surface area (Å²) < 4.78 is 4.34. The van der Waals surface area contributed by atoms with E-state index in [2.05, 4.69) is 4.74 Å². The Morgan fingerprint density at radius 2 is 2.15 bits per heavy atom. The first-order chi connectivity index (χ1) is 5.87. The summed E-state index contributed by atoms with van der Waals surface area (Å²) in [6, 6.07) is 0. The summed E-state index contributed by atoms with van der Waals surface area (Å²) in [5.41, 5.74) is 5.25. The predicted molar refractivity (Wildman–Crippen MR) is 54.8 cm³/mol. The van der Waals surface area contributed by atoms with Crippen molar-refractivity contribution in [1.29, 1.82) is 5.41 Å². The van der Waals surface area contributed by atoms with E-state index in [9.17, 15) is 4.79 Å². The topological polar surface area (TPSA) is 76.2 Å². The molecule has 0 aliphatic rings. The van der Waals surface area contributed by atoms with E-state index in [-0.39, 0.29) is 15.9 Å². The standard InChI is InChI=1S/C8H16N2O2S/c1-8(2,13-7(9)10)5-4-6(11)12-3/h4-5H2,1-3H3,(H3,9,10). The lowest BCUT2D eigenvalue weighted by molar-refractivity contribution is -0.140. The molecule has 13 heavy (non-hydrogen) atoms. The highest BCUT2D eigenvalue weighted by molar-refractivity contribution is 8.14. The quantitative estimate of drug-likeness (QED) is 0.411. The molecule has 0 aliphatic carbocycles. The molecule has 5 heteroatoms. The van der Waals surface area contributed by atoms with Gasteiger partial charge >= 0.3 is 5.97 Å². The van der Waals surface area contributed by atoms with Crippen molar-refractivity contribution in [3.63, 3.8) is 0 Å². The molecular weight excluding hydrogens is 188 g/mol. The molecule has 4 nitrogen and oxygen atoms in total. The maximum atomic E-state index is 10.8. The summed E-state index contributed by atoms with van der Waals surface area (Å²) in [6.45, 7) is 3.89. The molecule has 0 fully saturated rings. The number of carbonyl (C=O) groups excluding carboxylic acids is 1. The van der Waals surface area contributed by atoms with E-state index < -0.39 is 0 Å². The highest BCUT2D eigenvalue weighted by Crippen LogP contribution is 2.28. The molecule has 0 aliphatic heterocycles. The first kappa shape index (κ1) is 12.3. The van der Waals surface area contributed by atoms with Crippen molar-refractivity contribution in [2.24, 2.45) is 5.73 Å². The van der Waals surface area contributed by atoms with Gasteiger partial charge in [0, 0.05) is 11.2 Å². The average molecular weight is 204 g/mol. The molecule has 0 bridgehead atoms. The number of hydrogen-bond donors (Lipinski definition) is 2. The van der Waals surface area contributed by atoms with Crippen LogP contribution in [-0.4, -0.2) is 23.0 Å². The Morgan fingerprint density at radius 3 is 2.54 bits per heavy atom. The number of hydrogen-bond acceptors (Lipinski definition) is 4. The number of esters is 1. The van der Waals surface area contributed by atoms with Crippen molar-refractivity contribution in [3.05, 3.63) is 0 Å². The Hall–Kier alpha value is -0.710. The first-order valence-electron chi connectivity index (χ1n) is 3.97. The van der Waals surface area contributed by atoms with Gasteiger partial charge in [0.25, 0.3) is 0 Å². The molecule has 76 valence electrons. The molecule has 0 atom stereocenters. The van der Waals surface area contributed by atoms with Crippen LogP contribution in [0.1, 0.15) is 26.7 Å². The third-order valence-corrected chi connectivity index (χ3v) is 2.52. The minimum Gasteiger partial charge on any atom is -0.469 e. The monoisotopic (exact) mass is 204 g/mol. The zero-order chi connectivity index (χ0) is 10.5. The Bertz CT molecular complexity index is 204. The third kappa shape index (κ3) is 6.45. The fourth-order valence-corrected chi connectivity index (χ4v) is 1.65.